The molecule has 1 aliphatic carbocycles. The van der Waals surface area contributed by atoms with Crippen LogP contribution >= 0.6 is 0 Å². The summed E-state index contributed by atoms with van der Waals surface area (Å²) >= 11 is 0. The summed E-state index contributed by atoms with van der Waals surface area (Å²) < 4.78 is 24.6. The lowest BCUT2D eigenvalue weighted by Gasteiger charge is -2.32. The van der Waals surface area contributed by atoms with Crippen LogP contribution in [0.2, 0.25) is 0 Å². The van der Waals surface area contributed by atoms with Crippen LogP contribution in [0.15, 0.2) is 54.6 Å². The van der Waals surface area contributed by atoms with Gasteiger partial charge in [-0.1, -0.05) is 30.3 Å². The molecule has 4 atom stereocenters. The average molecular weight is 445 g/mol. The largest absolute Gasteiger partial charge is 0.488 e. The number of nitrogens with zero attached hydrogens (tertiary/aromatic N) is 1. The molecule has 0 heterocycles. The highest BCUT2D eigenvalue weighted by Crippen LogP contribution is 2.29. The number of aliphatic hydroxyl groups excluding tert-OH is 1. The molecule has 174 valence electrons. The summed E-state index contributed by atoms with van der Waals surface area (Å²) in [4.78, 5) is 14.5. The van der Waals surface area contributed by atoms with Crippen LogP contribution in [0, 0.1) is 5.82 Å². The Bertz CT molecular complexity index is 870. The number of hydrogen-bond acceptors (Lipinski definition) is 5. The molecule has 7 heteroatoms. The van der Waals surface area contributed by atoms with Gasteiger partial charge in [0.25, 0.3) is 0 Å². The number of alkyl carbamates (subject to hydrolysis) is 1. The van der Waals surface area contributed by atoms with E-state index < -0.39 is 23.9 Å². The zero-order chi connectivity index (χ0) is 23.3. The van der Waals surface area contributed by atoms with Gasteiger partial charge in [0, 0.05) is 13.0 Å². The topological polar surface area (TPSA) is 71.0 Å². The maximum Gasteiger partial charge on any atom is 0.407 e. The van der Waals surface area contributed by atoms with Gasteiger partial charge in [0.1, 0.15) is 29.4 Å². The first-order valence-electron chi connectivity index (χ1n) is 11.0. The third-order valence-corrected chi connectivity index (χ3v) is 5.54. The van der Waals surface area contributed by atoms with Crippen LogP contribution < -0.4 is 10.1 Å². The van der Waals surface area contributed by atoms with Gasteiger partial charge in [0.05, 0.1) is 12.1 Å². The molecule has 1 aliphatic rings. The molecular weight excluding hydrogens is 411 g/mol. The highest BCUT2D eigenvalue weighted by molar-refractivity contribution is 5.68. The van der Waals surface area contributed by atoms with Crippen molar-refractivity contribution in [2.45, 2.75) is 63.5 Å². The number of benzene rings is 2. The molecule has 2 aromatic carbocycles. The molecule has 6 nitrogen and oxygen atoms in total. The lowest BCUT2D eigenvalue weighted by molar-refractivity contribution is 0.0132. The van der Waals surface area contributed by atoms with Crippen molar-refractivity contribution in [3.05, 3.63) is 66.0 Å². The highest BCUT2D eigenvalue weighted by atomic mass is 19.1. The highest BCUT2D eigenvalue weighted by Gasteiger charge is 2.46. The zero-order valence-electron chi connectivity index (χ0n) is 19.1. The van der Waals surface area contributed by atoms with Crippen LogP contribution in [0.1, 0.15) is 32.8 Å². The lowest BCUT2D eigenvalue weighted by atomic mass is 10.1. The van der Waals surface area contributed by atoms with Crippen LogP contribution in [0.5, 0.6) is 5.75 Å². The van der Waals surface area contributed by atoms with E-state index in [4.69, 9.17) is 9.47 Å². The number of rotatable bonds is 7. The number of ether oxygens (including phenoxy) is 2. The molecular formula is C25H33FN2O4. The number of nitrogens with one attached hydrogen (secondary N) is 1. The summed E-state index contributed by atoms with van der Waals surface area (Å²) in [6.07, 6.45) is -0.717. The third kappa shape index (κ3) is 6.68. The minimum Gasteiger partial charge on any atom is -0.488 e. The fraction of sp³-hybridized carbons (Fsp3) is 0.480. The summed E-state index contributed by atoms with van der Waals surface area (Å²) in [5.41, 5.74) is 0.572. The predicted molar refractivity (Wildman–Crippen MR) is 121 cm³/mol. The number of likely N-dealkylation sites (N-methyl/N-ethyl adjacent to an activating group) is 1. The fourth-order valence-corrected chi connectivity index (χ4v) is 4.06. The minimum atomic E-state index is -0.847. The molecule has 3 rings (SSSR count). The van der Waals surface area contributed by atoms with Crippen molar-refractivity contribution in [1.29, 1.82) is 0 Å². The molecule has 2 N–H and O–H groups in total. The number of halogens is 1. The molecule has 0 spiro atoms. The van der Waals surface area contributed by atoms with Gasteiger partial charge in [-0.05, 0) is 64.1 Å². The van der Waals surface area contributed by atoms with E-state index in [0.717, 1.165) is 6.42 Å². The monoisotopic (exact) mass is 444 g/mol. The van der Waals surface area contributed by atoms with Crippen LogP contribution in [0.3, 0.4) is 0 Å². The van der Waals surface area contributed by atoms with Crippen LogP contribution in [0.4, 0.5) is 9.18 Å². The van der Waals surface area contributed by atoms with Crippen LogP contribution in [-0.2, 0) is 11.2 Å². The molecule has 0 radical (unpaired) electrons. The van der Waals surface area contributed by atoms with Crippen molar-refractivity contribution < 1.29 is 23.8 Å². The van der Waals surface area contributed by atoms with Gasteiger partial charge in [-0.2, -0.15) is 0 Å². The van der Waals surface area contributed by atoms with Crippen molar-refractivity contribution >= 4 is 6.09 Å². The Morgan fingerprint density at radius 1 is 1.16 bits per heavy atom. The van der Waals surface area contributed by atoms with E-state index in [1.807, 2.05) is 30.1 Å². The molecule has 0 unspecified atom stereocenters. The minimum absolute atomic E-state index is 0.354. The Morgan fingerprint density at radius 2 is 1.81 bits per heavy atom. The van der Waals surface area contributed by atoms with Gasteiger partial charge in [0.2, 0.25) is 0 Å². The summed E-state index contributed by atoms with van der Waals surface area (Å²) in [6, 6.07) is 15.1. The molecule has 2 aromatic rings. The van der Waals surface area contributed by atoms with Crippen molar-refractivity contribution in [3.8, 4) is 5.75 Å². The Kier molecular flexibility index (Phi) is 7.74. The molecule has 0 aliphatic heterocycles. The maximum absolute atomic E-state index is 13.2. The van der Waals surface area contributed by atoms with Gasteiger partial charge in [-0.25, -0.2) is 9.18 Å². The summed E-state index contributed by atoms with van der Waals surface area (Å²) in [5, 5.41) is 14.0. The molecule has 0 bridgehead atoms. The third-order valence-electron chi connectivity index (χ3n) is 5.54. The first-order chi connectivity index (χ1) is 15.1. The summed E-state index contributed by atoms with van der Waals surface area (Å²) in [6.45, 7) is 6.11. The van der Waals surface area contributed by atoms with Gasteiger partial charge < -0.3 is 19.9 Å². The lowest BCUT2D eigenvalue weighted by Crippen LogP contribution is -2.53. The smallest absolute Gasteiger partial charge is 0.407 e. The van der Waals surface area contributed by atoms with Crippen molar-refractivity contribution in [1.82, 2.24) is 10.2 Å². The van der Waals surface area contributed by atoms with E-state index in [2.05, 4.69) is 17.4 Å². The molecule has 0 aromatic heterocycles. The SMILES string of the molecule is CN(CCc1ccccc1)[C@@H]1[C@@H](O)[C@H](Oc2ccc(F)cc2)C[C@H]1NC(=O)OC(C)(C)C. The first-order valence-corrected chi connectivity index (χ1v) is 11.0. The van der Waals surface area contributed by atoms with Gasteiger partial charge in [-0.3, -0.25) is 4.90 Å². The van der Waals surface area contributed by atoms with Crippen molar-refractivity contribution in [2.75, 3.05) is 13.6 Å². The average Bonchev–Trinajstić information content (AvgIpc) is 3.02. The Labute approximate surface area is 189 Å². The summed E-state index contributed by atoms with van der Waals surface area (Å²) in [7, 11) is 1.93. The molecule has 1 saturated carbocycles. The molecule has 0 saturated heterocycles. The summed E-state index contributed by atoms with van der Waals surface area (Å²) in [5.74, 6) is 0.117. The molecule has 1 fully saturated rings. The first kappa shape index (κ1) is 24.0. The van der Waals surface area contributed by atoms with E-state index in [0.29, 0.717) is 18.7 Å². The second kappa shape index (κ2) is 10.3. The Morgan fingerprint density at radius 3 is 2.44 bits per heavy atom. The standard InChI is InChI=1S/C25H33FN2O4/c1-25(2,3)32-24(30)27-20-16-21(31-19-12-10-18(26)11-13-19)23(29)22(20)28(4)15-14-17-8-6-5-7-9-17/h5-13,20-23,29H,14-16H2,1-4H3,(H,27,30)/t20-,21-,22+,23+/m1/s1. The van der Waals surface area contributed by atoms with Gasteiger partial charge in [0.15, 0.2) is 0 Å². The van der Waals surface area contributed by atoms with E-state index in [1.165, 1.54) is 29.8 Å². The maximum atomic E-state index is 13.2. The molecule has 1 amide bonds. The Balaban J connectivity index is 1.72. The van der Waals surface area contributed by atoms with Crippen LogP contribution in [0.25, 0.3) is 0 Å². The fourth-order valence-electron chi connectivity index (χ4n) is 4.06. The van der Waals surface area contributed by atoms with Crippen molar-refractivity contribution in [2.24, 2.45) is 0 Å². The second-order valence-corrected chi connectivity index (χ2v) is 9.30. The predicted octanol–water partition coefficient (Wildman–Crippen LogP) is 3.77. The Hall–Kier alpha value is -2.64. The normalized spacial score (nSPS) is 23.2. The van der Waals surface area contributed by atoms with E-state index in [9.17, 15) is 14.3 Å². The number of carbonyl (C=O) groups excluding carboxylic acids is 1. The van der Waals surface area contributed by atoms with Gasteiger partial charge >= 0.3 is 6.09 Å². The number of aliphatic hydroxyl groups is 1. The van der Waals surface area contributed by atoms with E-state index in [-0.39, 0.29) is 17.9 Å². The van der Waals surface area contributed by atoms with Gasteiger partial charge in [-0.15, -0.1) is 0 Å². The number of carbonyl (C=O) groups is 1. The van der Waals surface area contributed by atoms with Crippen molar-refractivity contribution in [3.63, 3.8) is 0 Å². The quantitative estimate of drug-likeness (QED) is 0.680. The van der Waals surface area contributed by atoms with Crippen LogP contribution in [-0.4, -0.2) is 59.6 Å². The van der Waals surface area contributed by atoms with E-state index >= 15 is 0 Å². The zero-order valence-corrected chi connectivity index (χ0v) is 19.1. The van der Waals surface area contributed by atoms with E-state index in [1.54, 1.807) is 20.8 Å². The number of hydrogen-bond donors (Lipinski definition) is 2. The molecule has 32 heavy (non-hydrogen) atoms. The number of amides is 1. The second-order valence-electron chi connectivity index (χ2n) is 9.30.